The number of nitrogens with one attached hydrogen (secondary N) is 2. The predicted molar refractivity (Wildman–Crippen MR) is 182 cm³/mol. The Morgan fingerprint density at radius 2 is 1.52 bits per heavy atom. The number of primary amides is 1. The number of nitrogens with two attached hydrogens (primary N) is 1. The summed E-state index contributed by atoms with van der Waals surface area (Å²) in [4.78, 5) is 27.8. The van der Waals surface area contributed by atoms with E-state index >= 15 is 0 Å². The minimum atomic E-state index is -0.631. The summed E-state index contributed by atoms with van der Waals surface area (Å²) in [7, 11) is 0. The number of hydrogen-bond acceptors (Lipinski definition) is 3. The summed E-state index contributed by atoms with van der Waals surface area (Å²) < 4.78 is 1.84. The minimum Gasteiger partial charge on any atom is -0.351 e. The lowest BCUT2D eigenvalue weighted by atomic mass is 10.1. The van der Waals surface area contributed by atoms with E-state index in [-0.39, 0.29) is 6.03 Å². The Morgan fingerprint density at radius 3 is 2.14 bits per heavy atom. The molecule has 2 aromatic carbocycles. The van der Waals surface area contributed by atoms with Gasteiger partial charge >= 0.3 is 12.1 Å². The van der Waals surface area contributed by atoms with E-state index in [9.17, 15) is 9.59 Å². The van der Waals surface area contributed by atoms with Crippen molar-refractivity contribution in [1.29, 1.82) is 0 Å². The van der Waals surface area contributed by atoms with Crippen molar-refractivity contribution in [3.8, 4) is 0 Å². The van der Waals surface area contributed by atoms with Gasteiger partial charge < -0.3 is 5.73 Å². The van der Waals surface area contributed by atoms with Crippen molar-refractivity contribution in [3.63, 3.8) is 0 Å². The molecule has 42 heavy (non-hydrogen) atoms. The van der Waals surface area contributed by atoms with Crippen LogP contribution in [0, 0.1) is 13.8 Å². The number of anilines is 3. The van der Waals surface area contributed by atoms with Crippen molar-refractivity contribution in [2.75, 3.05) is 29.1 Å². The van der Waals surface area contributed by atoms with Crippen LogP contribution >= 0.6 is 23.4 Å². The number of rotatable bonds is 16. The third-order valence-electron chi connectivity index (χ3n) is 7.15. The third-order valence-corrected chi connectivity index (χ3v) is 8.48. The molecule has 0 atom stereocenters. The van der Waals surface area contributed by atoms with Crippen LogP contribution in [0.15, 0.2) is 36.4 Å². The summed E-state index contributed by atoms with van der Waals surface area (Å²) >= 11 is 8.03. The van der Waals surface area contributed by atoms with Gasteiger partial charge in [0.2, 0.25) is 0 Å². The van der Waals surface area contributed by atoms with Crippen LogP contribution in [0.3, 0.4) is 0 Å². The van der Waals surface area contributed by atoms with Crippen LogP contribution in [0.25, 0.3) is 0 Å². The molecule has 4 N–H and O–H groups in total. The number of carbonyl (C=O) groups is 2. The van der Waals surface area contributed by atoms with E-state index in [2.05, 4.69) is 31.4 Å². The molecule has 0 radical (unpaired) electrons. The van der Waals surface area contributed by atoms with E-state index < -0.39 is 6.03 Å². The fourth-order valence-corrected chi connectivity index (χ4v) is 5.66. The number of hydrogen-bond donors (Lipinski definition) is 3. The van der Waals surface area contributed by atoms with Crippen LogP contribution in [0.2, 0.25) is 5.02 Å². The lowest BCUT2D eigenvalue weighted by Crippen LogP contribution is -2.39. The van der Waals surface area contributed by atoms with Gasteiger partial charge in [-0.15, -0.1) is 0 Å². The molecule has 0 unspecified atom stereocenters. The molecule has 232 valence electrons. The Hall–Kier alpha value is -2.71. The topological polar surface area (TPSA) is 90.5 Å². The molecule has 0 saturated carbocycles. The Bertz CT molecular complexity index is 1190. The van der Waals surface area contributed by atoms with Gasteiger partial charge in [0.05, 0.1) is 24.5 Å². The molecule has 0 aliphatic carbocycles. The van der Waals surface area contributed by atoms with E-state index in [0.717, 1.165) is 47.9 Å². The highest BCUT2D eigenvalue weighted by Crippen LogP contribution is 2.33. The van der Waals surface area contributed by atoms with E-state index in [1.54, 1.807) is 23.9 Å². The molecule has 9 heteroatoms. The number of amidine groups is 1. The summed E-state index contributed by atoms with van der Waals surface area (Å²) in [5.74, 6) is 0.860. The second kappa shape index (κ2) is 19.5. The molecule has 0 heterocycles. The second-order valence-electron chi connectivity index (χ2n) is 10.7. The number of amides is 4. The summed E-state index contributed by atoms with van der Waals surface area (Å²) in [6.45, 7) is 11.8. The molecule has 2 rings (SSSR count). The van der Waals surface area contributed by atoms with Gasteiger partial charge in [0.25, 0.3) is 5.17 Å². The van der Waals surface area contributed by atoms with Crippen molar-refractivity contribution in [2.24, 2.45) is 5.73 Å². The predicted octanol–water partition coefficient (Wildman–Crippen LogP) is 9.36. The first-order chi connectivity index (χ1) is 20.2. The number of carbonyl (C=O) groups excluding carboxylic acids is 2. The quantitative estimate of drug-likeness (QED) is 0.0758. The molecule has 0 saturated heterocycles. The molecule has 0 aromatic heterocycles. The second-order valence-corrected chi connectivity index (χ2v) is 12.3. The monoisotopic (exact) mass is 616 g/mol. The van der Waals surface area contributed by atoms with Gasteiger partial charge in [-0.3, -0.25) is 10.2 Å². The first-order valence-electron chi connectivity index (χ1n) is 15.5. The zero-order valence-electron chi connectivity index (χ0n) is 26.2. The fourth-order valence-electron chi connectivity index (χ4n) is 4.68. The van der Waals surface area contributed by atoms with Crippen LogP contribution in [0.5, 0.6) is 0 Å². The lowest BCUT2D eigenvalue weighted by molar-refractivity contribution is -0.423. The summed E-state index contributed by atoms with van der Waals surface area (Å²) in [5.41, 5.74) is 9.33. The van der Waals surface area contributed by atoms with Gasteiger partial charge in [0, 0.05) is 16.8 Å². The zero-order chi connectivity index (χ0) is 30.9. The highest BCUT2D eigenvalue weighted by atomic mass is 35.5. The highest BCUT2D eigenvalue weighted by Gasteiger charge is 2.23. The first-order valence-corrected chi connectivity index (χ1v) is 16.9. The molecular weight excluding hydrogens is 566 g/mol. The SMILES string of the molecule is CCCCCCCNC(SCC)=[N+](CCCCCCC)C(=O)Nc1ccc(C)c(N(C(N)=O)c2ccc(C)c(Cl)c2)c1. The molecule has 0 bridgehead atoms. The van der Waals surface area contributed by atoms with Crippen molar-refractivity contribution in [2.45, 2.75) is 98.8 Å². The molecule has 4 amide bonds. The molecule has 2 aromatic rings. The number of thioether (sulfide) groups is 1. The summed E-state index contributed by atoms with van der Waals surface area (Å²) in [6, 6.07) is 10.1. The Kier molecular flexibility index (Phi) is 16.5. The molecule has 0 aliphatic rings. The van der Waals surface area contributed by atoms with Crippen molar-refractivity contribution >= 4 is 57.7 Å². The van der Waals surface area contributed by atoms with Crippen LogP contribution < -0.4 is 21.3 Å². The number of aryl methyl sites for hydroxylation is 2. The normalized spacial score (nSPS) is 11.7. The van der Waals surface area contributed by atoms with E-state index in [4.69, 9.17) is 17.3 Å². The van der Waals surface area contributed by atoms with Gasteiger partial charge in [-0.1, -0.05) is 108 Å². The maximum Gasteiger partial charge on any atom is 0.441 e. The zero-order valence-corrected chi connectivity index (χ0v) is 27.8. The van der Waals surface area contributed by atoms with E-state index in [0.29, 0.717) is 28.6 Å². The Morgan fingerprint density at radius 1 is 0.881 bits per heavy atom. The maximum absolute atomic E-state index is 13.8. The van der Waals surface area contributed by atoms with Crippen LogP contribution in [0.1, 0.15) is 96.1 Å². The van der Waals surface area contributed by atoms with E-state index in [1.807, 2.05) is 42.7 Å². The standard InChI is InChI=1S/C33H50ClN5O2S/c1-6-9-11-13-15-21-36-33(42-8-3)38(22-16-14-12-10-7-2)32(41)37-27-19-17-26(5)30(23-27)39(31(35)40)28-20-18-25(4)29(34)24-28/h17-20,23-24H,6-16,21-22H2,1-5H3,(H3,35,37,40,41)/p+1. The number of benzene rings is 2. The maximum atomic E-state index is 13.8. The molecule has 0 spiro atoms. The lowest BCUT2D eigenvalue weighted by Gasteiger charge is -2.23. The van der Waals surface area contributed by atoms with Crippen LogP contribution in [0.4, 0.5) is 26.7 Å². The largest absolute Gasteiger partial charge is 0.441 e. The molecule has 0 fully saturated rings. The van der Waals surface area contributed by atoms with Gasteiger partial charge in [-0.25, -0.2) is 14.9 Å². The Labute approximate surface area is 262 Å². The number of halogens is 1. The van der Waals surface area contributed by atoms with Gasteiger partial charge in [-0.05, 0) is 56.0 Å². The minimum absolute atomic E-state index is 0.196. The summed E-state index contributed by atoms with van der Waals surface area (Å²) in [5, 5.41) is 8.09. The molecule has 7 nitrogen and oxygen atoms in total. The number of urea groups is 2. The average Bonchev–Trinajstić information content (AvgIpc) is 2.95. The Balaban J connectivity index is 2.34. The summed E-state index contributed by atoms with van der Waals surface area (Å²) in [6.07, 6.45) is 11.5. The van der Waals surface area contributed by atoms with Gasteiger partial charge in [0.1, 0.15) is 5.69 Å². The third kappa shape index (κ3) is 11.5. The molecular formula is C33H51ClN5O2S+. The smallest absolute Gasteiger partial charge is 0.351 e. The molecule has 0 aliphatic heterocycles. The van der Waals surface area contributed by atoms with Crippen molar-refractivity contribution < 1.29 is 14.2 Å². The fraction of sp³-hybridized carbons (Fsp3) is 0.545. The van der Waals surface area contributed by atoms with E-state index in [1.165, 1.54) is 49.8 Å². The number of nitrogens with zero attached hydrogens (tertiary/aromatic N) is 2. The van der Waals surface area contributed by atoms with Crippen molar-refractivity contribution in [3.05, 3.63) is 52.5 Å². The van der Waals surface area contributed by atoms with Crippen LogP contribution in [-0.4, -0.2) is 40.6 Å². The highest BCUT2D eigenvalue weighted by molar-refractivity contribution is 8.13. The first kappa shape index (κ1) is 35.5. The van der Waals surface area contributed by atoms with Crippen molar-refractivity contribution in [1.82, 2.24) is 5.32 Å². The van der Waals surface area contributed by atoms with Crippen LogP contribution in [-0.2, 0) is 0 Å². The van der Waals surface area contributed by atoms with Gasteiger partial charge in [-0.2, -0.15) is 4.58 Å². The van der Waals surface area contributed by atoms with Gasteiger partial charge in [0.15, 0.2) is 0 Å². The average molecular weight is 617 g/mol. The number of unbranched alkanes of at least 4 members (excludes halogenated alkanes) is 8.